The number of hydrogen-bond donors (Lipinski definition) is 2. The van der Waals surface area contributed by atoms with E-state index in [2.05, 4.69) is 59.2 Å². The van der Waals surface area contributed by atoms with E-state index in [0.29, 0.717) is 19.8 Å². The minimum absolute atomic E-state index is 0.00531. The number of carbonyl (C=O) groups is 1. The lowest BCUT2D eigenvalue weighted by Crippen LogP contribution is -2.36. The smallest absolute Gasteiger partial charge is 0.233 e. The second-order valence-electron chi connectivity index (χ2n) is 8.02. The molecule has 3 aromatic carbocycles. The molecule has 0 saturated carbocycles. The van der Waals surface area contributed by atoms with Crippen LogP contribution >= 0.6 is 0 Å². The average Bonchev–Trinajstić information content (AvgIpc) is 2.86. The Labute approximate surface area is 189 Å². The number of benzene rings is 3. The lowest BCUT2D eigenvalue weighted by atomic mass is 9.88. The molecule has 1 heterocycles. The topological polar surface area (TPSA) is 59.6 Å². The van der Waals surface area contributed by atoms with Gasteiger partial charge in [-0.05, 0) is 42.2 Å². The largest absolute Gasteiger partial charge is 0.486 e. The molecule has 0 radical (unpaired) electrons. The number of nitrogens with one attached hydrogen (secondary N) is 2. The van der Waals surface area contributed by atoms with E-state index in [0.717, 1.165) is 23.5 Å². The molecule has 3 aromatic rings. The molecule has 2 N–H and O–H groups in total. The first-order valence-corrected chi connectivity index (χ1v) is 11.2. The van der Waals surface area contributed by atoms with Crippen molar-refractivity contribution in [1.29, 1.82) is 0 Å². The summed E-state index contributed by atoms with van der Waals surface area (Å²) in [5.74, 6) is 1.78. The third-order valence-electron chi connectivity index (χ3n) is 5.79. The van der Waals surface area contributed by atoms with Crippen molar-refractivity contribution < 1.29 is 14.3 Å². The maximum atomic E-state index is 12.4. The summed E-state index contributed by atoms with van der Waals surface area (Å²) in [6.45, 7) is 4.06. The maximum absolute atomic E-state index is 12.4. The Balaban J connectivity index is 1.28. The van der Waals surface area contributed by atoms with Crippen LogP contribution in [0.25, 0.3) is 0 Å². The van der Waals surface area contributed by atoms with Crippen LogP contribution in [0.1, 0.15) is 42.0 Å². The van der Waals surface area contributed by atoms with Crippen LogP contribution in [0, 0.1) is 0 Å². The highest BCUT2D eigenvalue weighted by molar-refractivity contribution is 5.78. The van der Waals surface area contributed by atoms with Crippen LogP contribution in [0.15, 0.2) is 78.9 Å². The summed E-state index contributed by atoms with van der Waals surface area (Å²) in [6.07, 6.45) is 0.845. The maximum Gasteiger partial charge on any atom is 0.233 e. The summed E-state index contributed by atoms with van der Waals surface area (Å²) < 4.78 is 11.2. The van der Waals surface area contributed by atoms with Crippen LogP contribution in [0.2, 0.25) is 0 Å². The Hall–Kier alpha value is -3.31. The molecular formula is C27H30N2O3. The van der Waals surface area contributed by atoms with Crippen LogP contribution in [-0.2, 0) is 4.79 Å². The van der Waals surface area contributed by atoms with Gasteiger partial charge in [0.05, 0.1) is 6.54 Å². The third kappa shape index (κ3) is 5.68. The van der Waals surface area contributed by atoms with Gasteiger partial charge >= 0.3 is 0 Å². The minimum Gasteiger partial charge on any atom is -0.486 e. The van der Waals surface area contributed by atoms with E-state index in [-0.39, 0.29) is 24.4 Å². The minimum atomic E-state index is -0.00531. The number of fused-ring (bicyclic) bond motifs is 1. The van der Waals surface area contributed by atoms with E-state index in [1.807, 2.05) is 37.3 Å². The Morgan fingerprint density at radius 3 is 2.12 bits per heavy atom. The highest BCUT2D eigenvalue weighted by Gasteiger charge is 2.16. The fourth-order valence-corrected chi connectivity index (χ4v) is 4.01. The summed E-state index contributed by atoms with van der Waals surface area (Å²) in [6, 6.07) is 26.8. The molecule has 32 heavy (non-hydrogen) atoms. The van der Waals surface area contributed by atoms with E-state index in [1.54, 1.807) is 0 Å². The zero-order valence-corrected chi connectivity index (χ0v) is 18.4. The number of carbonyl (C=O) groups excluding carboxylic acids is 1. The summed E-state index contributed by atoms with van der Waals surface area (Å²) in [5, 5.41) is 6.36. The molecule has 0 bridgehead atoms. The molecule has 1 amide bonds. The second-order valence-corrected chi connectivity index (χ2v) is 8.02. The second kappa shape index (κ2) is 10.8. The molecule has 4 rings (SSSR count). The van der Waals surface area contributed by atoms with Crippen molar-refractivity contribution >= 4 is 5.91 Å². The van der Waals surface area contributed by atoms with Gasteiger partial charge < -0.3 is 20.1 Å². The van der Waals surface area contributed by atoms with E-state index in [4.69, 9.17) is 9.47 Å². The van der Waals surface area contributed by atoms with Crippen molar-refractivity contribution in [2.75, 3.05) is 26.3 Å². The van der Waals surface area contributed by atoms with Gasteiger partial charge in [-0.2, -0.15) is 0 Å². The Kier molecular flexibility index (Phi) is 7.41. The van der Waals surface area contributed by atoms with Crippen molar-refractivity contribution in [2.45, 2.75) is 25.3 Å². The predicted octanol–water partition coefficient (Wildman–Crippen LogP) is 4.45. The zero-order valence-electron chi connectivity index (χ0n) is 18.4. The molecule has 0 aliphatic carbocycles. The van der Waals surface area contributed by atoms with Crippen molar-refractivity contribution in [1.82, 2.24) is 10.6 Å². The Morgan fingerprint density at radius 2 is 1.47 bits per heavy atom. The van der Waals surface area contributed by atoms with Crippen molar-refractivity contribution in [3.63, 3.8) is 0 Å². The molecule has 1 aliphatic rings. The van der Waals surface area contributed by atoms with Crippen LogP contribution in [0.5, 0.6) is 11.5 Å². The first kappa shape index (κ1) is 21.9. The first-order chi connectivity index (χ1) is 15.7. The summed E-state index contributed by atoms with van der Waals surface area (Å²) >= 11 is 0. The van der Waals surface area contributed by atoms with Gasteiger partial charge in [-0.3, -0.25) is 4.79 Å². The van der Waals surface area contributed by atoms with E-state index < -0.39 is 0 Å². The van der Waals surface area contributed by atoms with Gasteiger partial charge in [0.1, 0.15) is 13.2 Å². The fourth-order valence-electron chi connectivity index (χ4n) is 4.01. The van der Waals surface area contributed by atoms with Crippen LogP contribution in [-0.4, -0.2) is 32.2 Å². The molecule has 0 fully saturated rings. The van der Waals surface area contributed by atoms with Crippen LogP contribution < -0.4 is 20.1 Å². The Bertz CT molecular complexity index is 968. The summed E-state index contributed by atoms with van der Waals surface area (Å²) in [4.78, 5) is 12.4. The molecule has 5 nitrogen and oxygen atoms in total. The molecule has 0 spiro atoms. The predicted molar refractivity (Wildman–Crippen MR) is 126 cm³/mol. The number of hydrogen-bond acceptors (Lipinski definition) is 4. The third-order valence-corrected chi connectivity index (χ3v) is 5.79. The lowest BCUT2D eigenvalue weighted by Gasteiger charge is -2.21. The van der Waals surface area contributed by atoms with E-state index in [9.17, 15) is 4.79 Å². The van der Waals surface area contributed by atoms with E-state index in [1.165, 1.54) is 11.1 Å². The summed E-state index contributed by atoms with van der Waals surface area (Å²) in [7, 11) is 0. The van der Waals surface area contributed by atoms with Crippen molar-refractivity contribution in [3.05, 3.63) is 95.6 Å². The Morgan fingerprint density at radius 1 is 0.844 bits per heavy atom. The van der Waals surface area contributed by atoms with Crippen LogP contribution in [0.3, 0.4) is 0 Å². The van der Waals surface area contributed by atoms with Gasteiger partial charge in [-0.1, -0.05) is 66.7 Å². The standard InChI is InChI=1S/C27H30N2O3/c1-20(23-12-13-25-26(18-23)32-17-16-31-25)29-19-27(30)28-15-14-24(21-8-4-2-5-9-21)22-10-6-3-7-11-22/h2-13,18,20,24,29H,14-17,19H2,1H3,(H,28,30). The van der Waals surface area contributed by atoms with Crippen molar-refractivity contribution in [3.8, 4) is 11.5 Å². The molecule has 0 saturated heterocycles. The SMILES string of the molecule is CC(NCC(=O)NCCC(c1ccccc1)c1ccccc1)c1ccc2c(c1)OCCO2. The zero-order chi connectivity index (χ0) is 22.2. The van der Waals surface area contributed by atoms with Gasteiger partial charge in [0.15, 0.2) is 11.5 Å². The van der Waals surface area contributed by atoms with Gasteiger partial charge in [0.25, 0.3) is 0 Å². The molecular weight excluding hydrogens is 400 g/mol. The lowest BCUT2D eigenvalue weighted by molar-refractivity contribution is -0.120. The van der Waals surface area contributed by atoms with E-state index >= 15 is 0 Å². The molecule has 1 aliphatic heterocycles. The normalized spacial score (nSPS) is 13.6. The van der Waals surface area contributed by atoms with Crippen LogP contribution in [0.4, 0.5) is 0 Å². The summed E-state index contributed by atoms with van der Waals surface area (Å²) in [5.41, 5.74) is 3.59. The number of amides is 1. The fraction of sp³-hybridized carbons (Fsp3) is 0.296. The molecule has 1 atom stereocenters. The highest BCUT2D eigenvalue weighted by Crippen LogP contribution is 2.32. The van der Waals surface area contributed by atoms with Gasteiger partial charge in [-0.15, -0.1) is 0 Å². The molecule has 5 heteroatoms. The monoisotopic (exact) mass is 430 g/mol. The van der Waals surface area contributed by atoms with Gasteiger partial charge in [0, 0.05) is 18.5 Å². The quantitative estimate of drug-likeness (QED) is 0.527. The van der Waals surface area contributed by atoms with Gasteiger partial charge in [0.2, 0.25) is 5.91 Å². The average molecular weight is 431 g/mol. The first-order valence-electron chi connectivity index (χ1n) is 11.2. The molecule has 0 aromatic heterocycles. The molecule has 1 unspecified atom stereocenters. The highest BCUT2D eigenvalue weighted by atomic mass is 16.6. The number of rotatable bonds is 9. The van der Waals surface area contributed by atoms with Crippen molar-refractivity contribution in [2.24, 2.45) is 0 Å². The number of ether oxygens (including phenoxy) is 2. The molecule has 166 valence electrons. The van der Waals surface area contributed by atoms with Gasteiger partial charge in [-0.25, -0.2) is 0 Å².